The largest absolute Gasteiger partial charge is 0.322 e. The number of carbonyl (C=O) groups is 1. The standard InChI is InChI=1S/C18H17N3O3S2/c1-3-9-19-26(23,24)15-6-4-5-13(10-15)18(22)21-14-7-8-16-17(11-14)25-12(2)20-16/h3-8,10-11,19H,1,9H2,2H3,(H,21,22). The predicted molar refractivity (Wildman–Crippen MR) is 104 cm³/mol. The lowest BCUT2D eigenvalue weighted by atomic mass is 10.2. The molecule has 1 amide bonds. The van der Waals surface area contributed by atoms with Crippen LogP contribution in [0.25, 0.3) is 10.2 Å². The van der Waals surface area contributed by atoms with Gasteiger partial charge in [0.2, 0.25) is 10.0 Å². The first kappa shape index (κ1) is 18.2. The molecule has 134 valence electrons. The predicted octanol–water partition coefficient (Wildman–Crippen LogP) is 3.32. The molecule has 0 aliphatic carbocycles. The van der Waals surface area contributed by atoms with Gasteiger partial charge in [0.25, 0.3) is 5.91 Å². The van der Waals surface area contributed by atoms with Gasteiger partial charge in [0, 0.05) is 17.8 Å². The molecule has 26 heavy (non-hydrogen) atoms. The Morgan fingerprint density at radius 1 is 1.27 bits per heavy atom. The highest BCUT2D eigenvalue weighted by molar-refractivity contribution is 7.89. The van der Waals surface area contributed by atoms with Crippen molar-refractivity contribution in [1.82, 2.24) is 9.71 Å². The highest BCUT2D eigenvalue weighted by atomic mass is 32.2. The first-order valence-electron chi connectivity index (χ1n) is 7.78. The minimum atomic E-state index is -3.69. The SMILES string of the molecule is C=CCNS(=O)(=O)c1cccc(C(=O)Nc2ccc3nc(C)sc3c2)c1. The summed E-state index contributed by atoms with van der Waals surface area (Å²) in [6, 6.07) is 11.3. The molecule has 0 aliphatic heterocycles. The second-order valence-electron chi connectivity index (χ2n) is 5.54. The normalized spacial score (nSPS) is 11.4. The third-order valence-electron chi connectivity index (χ3n) is 3.58. The first-order chi connectivity index (χ1) is 12.4. The van der Waals surface area contributed by atoms with Crippen molar-refractivity contribution in [2.45, 2.75) is 11.8 Å². The topological polar surface area (TPSA) is 88.2 Å². The highest BCUT2D eigenvalue weighted by Crippen LogP contribution is 2.25. The Hall–Kier alpha value is -2.55. The molecule has 6 nitrogen and oxygen atoms in total. The van der Waals surface area contributed by atoms with Crippen molar-refractivity contribution in [3.63, 3.8) is 0 Å². The van der Waals surface area contributed by atoms with Gasteiger partial charge in [-0.25, -0.2) is 18.1 Å². The number of aromatic nitrogens is 1. The molecule has 0 unspecified atom stereocenters. The first-order valence-corrected chi connectivity index (χ1v) is 10.1. The smallest absolute Gasteiger partial charge is 0.255 e. The van der Waals surface area contributed by atoms with Gasteiger partial charge in [-0.05, 0) is 43.3 Å². The van der Waals surface area contributed by atoms with Gasteiger partial charge in [-0.3, -0.25) is 4.79 Å². The number of nitrogens with zero attached hydrogens (tertiary/aromatic N) is 1. The lowest BCUT2D eigenvalue weighted by molar-refractivity contribution is 0.102. The zero-order valence-corrected chi connectivity index (χ0v) is 15.7. The molecule has 0 saturated carbocycles. The number of nitrogens with one attached hydrogen (secondary N) is 2. The molecule has 1 heterocycles. The minimum absolute atomic E-state index is 0.0283. The number of amides is 1. The number of sulfonamides is 1. The number of carbonyl (C=O) groups excluding carboxylic acids is 1. The zero-order chi connectivity index (χ0) is 18.7. The van der Waals surface area contributed by atoms with Crippen LogP contribution in [0.3, 0.4) is 0 Å². The van der Waals surface area contributed by atoms with Gasteiger partial charge < -0.3 is 5.32 Å². The minimum Gasteiger partial charge on any atom is -0.322 e. The molecule has 0 spiro atoms. The lowest BCUT2D eigenvalue weighted by Crippen LogP contribution is -2.24. The average molecular weight is 387 g/mol. The molecule has 2 N–H and O–H groups in total. The van der Waals surface area contributed by atoms with E-state index in [-0.39, 0.29) is 22.9 Å². The van der Waals surface area contributed by atoms with Crippen LogP contribution in [-0.4, -0.2) is 25.9 Å². The van der Waals surface area contributed by atoms with Crippen LogP contribution in [0, 0.1) is 6.92 Å². The quantitative estimate of drug-likeness (QED) is 0.635. The van der Waals surface area contributed by atoms with E-state index in [0.717, 1.165) is 15.2 Å². The van der Waals surface area contributed by atoms with Gasteiger partial charge in [0.05, 0.1) is 20.1 Å². The van der Waals surface area contributed by atoms with Gasteiger partial charge in [0.15, 0.2) is 0 Å². The van der Waals surface area contributed by atoms with E-state index in [2.05, 4.69) is 21.6 Å². The molecule has 0 saturated heterocycles. The number of aryl methyl sites for hydroxylation is 1. The number of rotatable bonds is 6. The molecule has 2 aromatic carbocycles. The van der Waals surface area contributed by atoms with Crippen molar-refractivity contribution in [3.05, 3.63) is 65.7 Å². The number of thiazole rings is 1. The summed E-state index contributed by atoms with van der Waals surface area (Å²) in [5.74, 6) is -0.383. The monoisotopic (exact) mass is 387 g/mol. The molecule has 8 heteroatoms. The van der Waals surface area contributed by atoms with E-state index in [9.17, 15) is 13.2 Å². The molecular formula is C18H17N3O3S2. The Morgan fingerprint density at radius 2 is 2.08 bits per heavy atom. The molecule has 0 atom stereocenters. The Bertz CT molecular complexity index is 1090. The molecule has 0 bridgehead atoms. The van der Waals surface area contributed by atoms with Crippen molar-refractivity contribution < 1.29 is 13.2 Å². The number of benzene rings is 2. The van der Waals surface area contributed by atoms with Crippen molar-refractivity contribution >= 4 is 43.2 Å². The van der Waals surface area contributed by atoms with Crippen LogP contribution in [-0.2, 0) is 10.0 Å². The summed E-state index contributed by atoms with van der Waals surface area (Å²) < 4.78 is 27.7. The van der Waals surface area contributed by atoms with E-state index in [1.54, 1.807) is 23.5 Å². The van der Waals surface area contributed by atoms with Crippen LogP contribution >= 0.6 is 11.3 Å². The van der Waals surface area contributed by atoms with Crippen LogP contribution in [0.15, 0.2) is 60.0 Å². The van der Waals surface area contributed by atoms with Crippen LogP contribution < -0.4 is 10.0 Å². The number of hydrogen-bond donors (Lipinski definition) is 2. The maximum Gasteiger partial charge on any atom is 0.255 e. The maximum absolute atomic E-state index is 12.5. The molecule has 3 rings (SSSR count). The van der Waals surface area contributed by atoms with Crippen molar-refractivity contribution in [2.24, 2.45) is 0 Å². The molecule has 0 aliphatic rings. The van der Waals surface area contributed by atoms with E-state index in [0.29, 0.717) is 5.69 Å². The van der Waals surface area contributed by atoms with Gasteiger partial charge in [-0.2, -0.15) is 0 Å². The van der Waals surface area contributed by atoms with Gasteiger partial charge in [0.1, 0.15) is 0 Å². The summed E-state index contributed by atoms with van der Waals surface area (Å²) in [7, 11) is -3.69. The van der Waals surface area contributed by atoms with E-state index < -0.39 is 10.0 Å². The number of fused-ring (bicyclic) bond motifs is 1. The third kappa shape index (κ3) is 3.98. The average Bonchev–Trinajstić information content (AvgIpc) is 2.99. The molecule has 0 radical (unpaired) electrons. The third-order valence-corrected chi connectivity index (χ3v) is 5.93. The fourth-order valence-electron chi connectivity index (χ4n) is 2.38. The zero-order valence-electron chi connectivity index (χ0n) is 14.0. The lowest BCUT2D eigenvalue weighted by Gasteiger charge is -2.08. The Kier molecular flexibility index (Phi) is 5.17. The van der Waals surface area contributed by atoms with Crippen LogP contribution in [0.2, 0.25) is 0 Å². The van der Waals surface area contributed by atoms with Crippen molar-refractivity contribution in [1.29, 1.82) is 0 Å². The van der Waals surface area contributed by atoms with Gasteiger partial charge >= 0.3 is 0 Å². The highest BCUT2D eigenvalue weighted by Gasteiger charge is 2.15. The summed E-state index contributed by atoms with van der Waals surface area (Å²) in [5.41, 5.74) is 1.77. The molecule has 3 aromatic rings. The summed E-state index contributed by atoms with van der Waals surface area (Å²) in [6.07, 6.45) is 1.45. The fourth-order valence-corrected chi connectivity index (χ4v) is 4.29. The summed E-state index contributed by atoms with van der Waals surface area (Å²) in [6.45, 7) is 5.52. The van der Waals surface area contributed by atoms with E-state index in [4.69, 9.17) is 0 Å². The Morgan fingerprint density at radius 3 is 2.85 bits per heavy atom. The summed E-state index contributed by atoms with van der Waals surface area (Å²) in [4.78, 5) is 16.9. The second-order valence-corrected chi connectivity index (χ2v) is 8.54. The van der Waals surface area contributed by atoms with Crippen molar-refractivity contribution in [2.75, 3.05) is 11.9 Å². The van der Waals surface area contributed by atoms with E-state index in [1.165, 1.54) is 24.3 Å². The molecular weight excluding hydrogens is 370 g/mol. The summed E-state index contributed by atoms with van der Waals surface area (Å²) >= 11 is 1.54. The maximum atomic E-state index is 12.5. The van der Waals surface area contributed by atoms with E-state index >= 15 is 0 Å². The van der Waals surface area contributed by atoms with Crippen molar-refractivity contribution in [3.8, 4) is 0 Å². The van der Waals surface area contributed by atoms with Crippen LogP contribution in [0.1, 0.15) is 15.4 Å². The fraction of sp³-hybridized carbons (Fsp3) is 0.111. The Labute approximate surface area is 155 Å². The summed E-state index contributed by atoms with van der Waals surface area (Å²) in [5, 5.41) is 3.74. The number of hydrogen-bond acceptors (Lipinski definition) is 5. The van der Waals surface area contributed by atoms with Gasteiger partial charge in [-0.1, -0.05) is 12.1 Å². The second kappa shape index (κ2) is 7.36. The molecule has 1 aromatic heterocycles. The van der Waals surface area contributed by atoms with E-state index in [1.807, 2.05) is 19.1 Å². The molecule has 0 fully saturated rings. The van der Waals surface area contributed by atoms with Crippen LogP contribution in [0.4, 0.5) is 5.69 Å². The Balaban J connectivity index is 1.83. The van der Waals surface area contributed by atoms with Gasteiger partial charge in [-0.15, -0.1) is 17.9 Å². The van der Waals surface area contributed by atoms with Crippen LogP contribution in [0.5, 0.6) is 0 Å². The number of anilines is 1.